The van der Waals surface area contributed by atoms with Crippen LogP contribution in [0.5, 0.6) is 23.0 Å². The lowest BCUT2D eigenvalue weighted by molar-refractivity contribution is -0.137. The summed E-state index contributed by atoms with van der Waals surface area (Å²) in [7, 11) is 2.78. The summed E-state index contributed by atoms with van der Waals surface area (Å²) in [6.45, 7) is 23.7. The SMILES string of the molecule is C=C1C[C@H]2[C@H](O)N(C(=O)OCc3ccc(NC(=O)[C@H](C)NC(=O)[C@@H](NC(=O)CCOCCOCCOCCOCCOCCOCCOCCOCCNC(=O)CCN4C(=O)C=CC4=O)C(C)C)cc3)c3cc(OCCCOc4cc5c(cc4OC)C(=O)N4CC(=C)C[C@H]4[C@H](O)N5C(=O)OC(C)(C)C)c(OC)cc3C(=O)N2C1. The minimum absolute atomic E-state index is 0.00459. The Labute approximate surface area is 656 Å². The zero-order valence-corrected chi connectivity index (χ0v) is 65.5. The molecule has 6 atom stereocenters. The van der Waals surface area contributed by atoms with E-state index in [4.69, 9.17) is 66.3 Å². The fourth-order valence-corrected chi connectivity index (χ4v) is 12.4. The predicted molar refractivity (Wildman–Crippen MR) is 406 cm³/mol. The summed E-state index contributed by atoms with van der Waals surface area (Å²) in [4.78, 5) is 137. The van der Waals surface area contributed by atoms with Gasteiger partial charge in [-0.1, -0.05) is 50.3 Å². The van der Waals surface area contributed by atoms with Crippen molar-refractivity contribution in [1.29, 1.82) is 0 Å². The van der Waals surface area contributed by atoms with E-state index in [0.29, 0.717) is 115 Å². The average molecular weight is 1590 g/mol. The van der Waals surface area contributed by atoms with Gasteiger partial charge in [-0.2, -0.15) is 0 Å². The summed E-state index contributed by atoms with van der Waals surface area (Å²) in [5.41, 5.74) is 1.38. The molecule has 2 saturated heterocycles. The first-order valence-corrected chi connectivity index (χ1v) is 37.6. The summed E-state index contributed by atoms with van der Waals surface area (Å²) in [5.74, 6) is -3.40. The molecule has 5 heterocycles. The number of benzene rings is 3. The molecule has 5 aliphatic rings. The number of hydrogen-bond donors (Lipinski definition) is 6. The van der Waals surface area contributed by atoms with Crippen LogP contribution < -0.4 is 50.0 Å². The largest absolute Gasteiger partial charge is 0.493 e. The van der Waals surface area contributed by atoms with Gasteiger partial charge in [-0.05, 0) is 76.3 Å². The molecule has 10 amide bonds. The van der Waals surface area contributed by atoms with Crippen LogP contribution in [-0.4, -0.2) is 286 Å². The number of methoxy groups -OCH3 is 2. The molecule has 0 bridgehead atoms. The quantitative estimate of drug-likeness (QED) is 0.0262. The van der Waals surface area contributed by atoms with E-state index in [1.165, 1.54) is 67.4 Å². The molecule has 3 aromatic carbocycles. The number of fused-ring (bicyclic) bond motifs is 4. The van der Waals surface area contributed by atoms with Crippen molar-refractivity contribution in [1.82, 2.24) is 30.7 Å². The number of nitrogens with zero attached hydrogens (tertiary/aromatic N) is 5. The summed E-state index contributed by atoms with van der Waals surface area (Å²) in [6.07, 6.45) is -1.97. The van der Waals surface area contributed by atoms with E-state index in [0.717, 1.165) is 14.7 Å². The molecule has 3 aromatic rings. The highest BCUT2D eigenvalue weighted by atomic mass is 16.6. The van der Waals surface area contributed by atoms with Crippen molar-refractivity contribution in [3.63, 3.8) is 0 Å². The number of aliphatic hydroxyl groups excluding tert-OH is 2. The third-order valence-electron chi connectivity index (χ3n) is 18.2. The average Bonchev–Trinajstić information content (AvgIpc) is 1.63. The summed E-state index contributed by atoms with van der Waals surface area (Å²) in [6, 6.07) is 8.40. The van der Waals surface area contributed by atoms with Gasteiger partial charge >= 0.3 is 12.2 Å². The van der Waals surface area contributed by atoms with Gasteiger partial charge in [-0.3, -0.25) is 43.3 Å². The third kappa shape index (κ3) is 26.1. The van der Waals surface area contributed by atoms with Crippen molar-refractivity contribution in [2.24, 2.45) is 5.92 Å². The molecule has 35 heteroatoms. The van der Waals surface area contributed by atoms with Crippen LogP contribution in [0.15, 0.2) is 85.0 Å². The fourth-order valence-electron chi connectivity index (χ4n) is 12.4. The molecule has 113 heavy (non-hydrogen) atoms. The maximum Gasteiger partial charge on any atom is 0.417 e. The van der Waals surface area contributed by atoms with E-state index < -0.39 is 95.8 Å². The zero-order chi connectivity index (χ0) is 81.7. The molecule has 8 rings (SSSR count). The first-order valence-electron chi connectivity index (χ1n) is 37.6. The van der Waals surface area contributed by atoms with Gasteiger partial charge in [0, 0.05) is 75.4 Å². The molecule has 620 valence electrons. The van der Waals surface area contributed by atoms with Gasteiger partial charge < -0.3 is 108 Å². The molecule has 0 aromatic heterocycles. The van der Waals surface area contributed by atoms with Crippen LogP contribution in [-0.2, 0) is 82.7 Å². The lowest BCUT2D eigenvalue weighted by Crippen LogP contribution is -2.53. The molecule has 6 N–H and O–H groups in total. The molecule has 0 radical (unpaired) electrons. The second-order valence-corrected chi connectivity index (χ2v) is 28.2. The van der Waals surface area contributed by atoms with Crippen molar-refractivity contribution in [2.75, 3.05) is 174 Å². The van der Waals surface area contributed by atoms with Gasteiger partial charge in [-0.15, -0.1) is 0 Å². The second-order valence-electron chi connectivity index (χ2n) is 28.2. The predicted octanol–water partition coefficient (Wildman–Crippen LogP) is 4.18. The Morgan fingerprint density at radius 1 is 0.540 bits per heavy atom. The van der Waals surface area contributed by atoms with Crippen LogP contribution in [0.25, 0.3) is 0 Å². The molecule has 0 spiro atoms. The zero-order valence-electron chi connectivity index (χ0n) is 65.5. The summed E-state index contributed by atoms with van der Waals surface area (Å²) in [5, 5.41) is 34.6. The van der Waals surface area contributed by atoms with E-state index in [-0.39, 0.29) is 149 Å². The van der Waals surface area contributed by atoms with E-state index in [2.05, 4.69) is 34.4 Å². The minimum atomic E-state index is -1.61. The Kier molecular flexibility index (Phi) is 34.6. The van der Waals surface area contributed by atoms with Crippen molar-refractivity contribution in [2.45, 2.75) is 122 Å². The highest BCUT2D eigenvalue weighted by Gasteiger charge is 2.49. The van der Waals surface area contributed by atoms with Gasteiger partial charge in [0.1, 0.15) is 24.3 Å². The lowest BCUT2D eigenvalue weighted by Gasteiger charge is -2.33. The number of ether oxygens (including phenoxy) is 14. The smallest absolute Gasteiger partial charge is 0.417 e. The van der Waals surface area contributed by atoms with Crippen molar-refractivity contribution in [3.8, 4) is 23.0 Å². The molecular formula is C78H107N9O26. The number of anilines is 3. The van der Waals surface area contributed by atoms with Gasteiger partial charge in [0.2, 0.25) is 23.6 Å². The highest BCUT2D eigenvalue weighted by Crippen LogP contribution is 2.44. The van der Waals surface area contributed by atoms with Crippen LogP contribution >= 0.6 is 0 Å². The normalized spacial score (nSPS) is 17.8. The van der Waals surface area contributed by atoms with Crippen LogP contribution in [0.1, 0.15) is 99.9 Å². The molecular weight excluding hydrogens is 1480 g/mol. The second kappa shape index (κ2) is 44.0. The van der Waals surface area contributed by atoms with Gasteiger partial charge in [-0.25, -0.2) is 19.4 Å². The van der Waals surface area contributed by atoms with E-state index in [1.54, 1.807) is 58.9 Å². The summed E-state index contributed by atoms with van der Waals surface area (Å²) >= 11 is 0. The molecule has 0 saturated carbocycles. The molecule has 0 unspecified atom stereocenters. The Morgan fingerprint density at radius 2 is 0.982 bits per heavy atom. The van der Waals surface area contributed by atoms with Crippen molar-refractivity contribution in [3.05, 3.63) is 102 Å². The van der Waals surface area contributed by atoms with E-state index >= 15 is 0 Å². The van der Waals surface area contributed by atoms with Gasteiger partial charge in [0.05, 0.1) is 168 Å². The van der Waals surface area contributed by atoms with Crippen LogP contribution in [0, 0.1) is 5.92 Å². The summed E-state index contributed by atoms with van der Waals surface area (Å²) < 4.78 is 79.4. The van der Waals surface area contributed by atoms with Crippen LogP contribution in [0.4, 0.5) is 26.7 Å². The van der Waals surface area contributed by atoms with E-state index in [1.807, 2.05) is 0 Å². The Hall–Kier alpha value is -9.82. The van der Waals surface area contributed by atoms with Crippen LogP contribution in [0.2, 0.25) is 0 Å². The third-order valence-corrected chi connectivity index (χ3v) is 18.2. The number of aliphatic hydroxyl groups is 2. The Morgan fingerprint density at radius 3 is 1.42 bits per heavy atom. The van der Waals surface area contributed by atoms with E-state index in [9.17, 15) is 58.2 Å². The van der Waals surface area contributed by atoms with Gasteiger partial charge in [0.15, 0.2) is 35.5 Å². The number of imide groups is 1. The molecule has 35 nitrogen and oxygen atoms in total. The maximum absolute atomic E-state index is 14.4. The molecule has 5 aliphatic heterocycles. The monoisotopic (exact) mass is 1590 g/mol. The fraction of sp³-hybridized carbons (Fsp3) is 0.564. The number of rotatable bonds is 46. The highest BCUT2D eigenvalue weighted by molar-refractivity contribution is 6.13. The number of carbonyl (C=O) groups is 10. The molecule has 0 aliphatic carbocycles. The number of hydrogen-bond acceptors (Lipinski definition) is 26. The lowest BCUT2D eigenvalue weighted by atomic mass is 10.0. The first kappa shape index (κ1) is 88.7. The Balaban J connectivity index is 0.687. The maximum atomic E-state index is 14.4. The number of carbonyl (C=O) groups excluding carboxylic acids is 10. The minimum Gasteiger partial charge on any atom is -0.493 e. The standard InChI is InChI=1S/C78H107N9O26/c1-49(2)69(82-66(89)19-24-102-26-28-104-30-32-106-34-36-108-38-39-109-37-35-107-33-31-105-29-27-103-25-20-79-65(88)18-21-83-67(90)16-17-68(83)91)71(93)80-52(5)70(92)81-54-14-12-53(13-15-54)48-112-76(98)86-57-44-63(61(100-9)42-55(57)72(94)84-46-50(3)40-59(84)74(86)96)110-22-11-23-111-64-45-58-56(43-62(64)101-10)73(95)85-47-51(4)41-60(85)75(97)87(58)77(99)113-78(6,7)8/h12-17,42-45,49,52,59-60,69,74-75,96-97H,3-4,11,18-41,46-48H2,1-2,5-10H3,(H,79,88)(H,80,93)(H,81,92)(H,82,89)/t52-,59-,60-,69-,74-,75-/m0/s1. The van der Waals surface area contributed by atoms with Crippen molar-refractivity contribution < 1.29 is 124 Å². The topological polar surface area (TPSA) is 405 Å². The first-order chi connectivity index (χ1) is 54.2. The van der Waals surface area contributed by atoms with Crippen LogP contribution in [0.3, 0.4) is 0 Å². The van der Waals surface area contributed by atoms with Gasteiger partial charge in [0.25, 0.3) is 23.6 Å². The molecule has 2 fully saturated rings. The number of nitrogens with one attached hydrogen (secondary N) is 4. The number of amides is 10. The van der Waals surface area contributed by atoms with Crippen molar-refractivity contribution >= 4 is 76.5 Å². The Bertz CT molecular complexity index is 3810.